The van der Waals surface area contributed by atoms with Crippen LogP contribution in [0.25, 0.3) is 11.3 Å². The number of amides is 1. The van der Waals surface area contributed by atoms with Crippen molar-refractivity contribution in [2.75, 3.05) is 45.4 Å². The maximum atomic E-state index is 13.6. The number of fused-ring (bicyclic) bond motifs is 1. The van der Waals surface area contributed by atoms with E-state index in [2.05, 4.69) is 25.9 Å². The quantitative estimate of drug-likeness (QED) is 0.570. The number of alkyl halides is 3. The summed E-state index contributed by atoms with van der Waals surface area (Å²) in [5.74, 6) is -0.300. The van der Waals surface area contributed by atoms with Gasteiger partial charge in [-0.25, -0.2) is 4.98 Å². The summed E-state index contributed by atoms with van der Waals surface area (Å²) < 4.78 is 51.1. The predicted octanol–water partition coefficient (Wildman–Crippen LogP) is 2.76. The Morgan fingerprint density at radius 2 is 2.06 bits per heavy atom. The summed E-state index contributed by atoms with van der Waals surface area (Å²) in [6, 6.07) is 2.85. The van der Waals surface area contributed by atoms with E-state index in [1.54, 1.807) is 12.3 Å². The van der Waals surface area contributed by atoms with Gasteiger partial charge in [0.1, 0.15) is 5.56 Å². The Hall–Kier alpha value is -2.96. The lowest BCUT2D eigenvalue weighted by molar-refractivity contribution is -0.139. The summed E-state index contributed by atoms with van der Waals surface area (Å²) in [6.07, 6.45) is 0.194. The molecule has 2 atom stereocenters. The molecule has 3 N–H and O–H groups in total. The number of anilines is 1. The molecular weight excluding hydrogens is 477 g/mol. The lowest BCUT2D eigenvalue weighted by Gasteiger charge is -2.32. The van der Waals surface area contributed by atoms with E-state index in [-0.39, 0.29) is 29.6 Å². The molecule has 0 saturated carbocycles. The number of nitrogens with zero attached hydrogens (tertiary/aromatic N) is 3. The Morgan fingerprint density at radius 1 is 1.25 bits per heavy atom. The minimum absolute atomic E-state index is 0.0106. The number of aromatic nitrogens is 2. The standard InChI is InChI=1S/C24H29F3N6O3/c1-35-22-17(24(25,26)27)10-15(11-29-22)20-19-18(2-6-28-20)30-13-31-21(19)32-16-3-7-33(12-16)23(34)14-4-8-36-9-5-14/h2,6,10-11,14,16,21,30-32H,3-5,7-9,12-13H2,1H3. The number of rotatable bonds is 5. The van der Waals surface area contributed by atoms with Crippen LogP contribution in [0.1, 0.15) is 36.6 Å². The minimum atomic E-state index is -4.62. The third kappa shape index (κ3) is 4.97. The smallest absolute Gasteiger partial charge is 0.421 e. The summed E-state index contributed by atoms with van der Waals surface area (Å²) in [5, 5.41) is 10.1. The van der Waals surface area contributed by atoms with Gasteiger partial charge in [0.15, 0.2) is 0 Å². The van der Waals surface area contributed by atoms with Crippen molar-refractivity contribution in [2.45, 2.75) is 37.6 Å². The number of carbonyl (C=O) groups excluding carboxylic acids is 1. The monoisotopic (exact) mass is 506 g/mol. The third-order valence-corrected chi connectivity index (χ3v) is 6.96. The van der Waals surface area contributed by atoms with E-state index >= 15 is 0 Å². The molecule has 3 aliphatic rings. The summed E-state index contributed by atoms with van der Waals surface area (Å²) in [6.45, 7) is 2.96. The van der Waals surface area contributed by atoms with Crippen LogP contribution in [0, 0.1) is 5.92 Å². The third-order valence-electron chi connectivity index (χ3n) is 6.96. The van der Waals surface area contributed by atoms with Crippen molar-refractivity contribution >= 4 is 11.6 Å². The molecule has 0 spiro atoms. The lowest BCUT2D eigenvalue weighted by atomic mass is 9.99. The van der Waals surface area contributed by atoms with E-state index in [9.17, 15) is 18.0 Å². The Balaban J connectivity index is 1.38. The van der Waals surface area contributed by atoms with E-state index in [1.165, 1.54) is 6.20 Å². The highest BCUT2D eigenvalue weighted by Crippen LogP contribution is 2.39. The van der Waals surface area contributed by atoms with E-state index in [0.717, 1.165) is 38.1 Å². The molecule has 2 unspecified atom stereocenters. The summed E-state index contributed by atoms with van der Waals surface area (Å²) >= 11 is 0. The van der Waals surface area contributed by atoms with Gasteiger partial charge in [-0.1, -0.05) is 0 Å². The average molecular weight is 507 g/mol. The molecule has 36 heavy (non-hydrogen) atoms. The second-order valence-corrected chi connectivity index (χ2v) is 9.21. The molecule has 1 amide bonds. The molecule has 9 nitrogen and oxygen atoms in total. The van der Waals surface area contributed by atoms with Gasteiger partial charge < -0.3 is 19.7 Å². The number of halogens is 3. The van der Waals surface area contributed by atoms with Gasteiger partial charge >= 0.3 is 6.18 Å². The number of hydrogen-bond acceptors (Lipinski definition) is 8. The number of carbonyl (C=O) groups is 1. The van der Waals surface area contributed by atoms with Crippen molar-refractivity contribution in [1.82, 2.24) is 25.5 Å². The zero-order chi connectivity index (χ0) is 25.3. The molecule has 0 bridgehead atoms. The van der Waals surface area contributed by atoms with Gasteiger partial charge in [-0.05, 0) is 31.4 Å². The van der Waals surface area contributed by atoms with Crippen LogP contribution in [0.15, 0.2) is 24.5 Å². The van der Waals surface area contributed by atoms with Gasteiger partial charge in [0.2, 0.25) is 11.8 Å². The fraction of sp³-hybridized carbons (Fsp3) is 0.542. The zero-order valence-corrected chi connectivity index (χ0v) is 19.9. The topological polar surface area (TPSA) is 101 Å². The molecule has 2 aromatic heterocycles. The maximum Gasteiger partial charge on any atom is 0.421 e. The highest BCUT2D eigenvalue weighted by Gasteiger charge is 2.37. The molecule has 0 radical (unpaired) electrons. The molecule has 3 aliphatic heterocycles. The minimum Gasteiger partial charge on any atom is -0.481 e. The number of nitrogens with one attached hydrogen (secondary N) is 3. The summed E-state index contributed by atoms with van der Waals surface area (Å²) in [4.78, 5) is 23.2. The first-order valence-electron chi connectivity index (χ1n) is 12.1. The van der Waals surface area contributed by atoms with Crippen LogP contribution >= 0.6 is 0 Å². The van der Waals surface area contributed by atoms with Crippen LogP contribution in [-0.2, 0) is 15.7 Å². The van der Waals surface area contributed by atoms with E-state index in [4.69, 9.17) is 9.47 Å². The molecule has 0 aliphatic carbocycles. The summed E-state index contributed by atoms with van der Waals surface area (Å²) in [5.41, 5.74) is 1.14. The van der Waals surface area contributed by atoms with E-state index in [1.807, 2.05) is 4.90 Å². The molecule has 0 aromatic carbocycles. The Kier molecular flexibility index (Phi) is 7.00. The van der Waals surface area contributed by atoms with Crippen LogP contribution in [0.5, 0.6) is 5.88 Å². The molecule has 5 rings (SSSR count). The molecule has 2 aromatic rings. The molecular formula is C24H29F3N6O3. The van der Waals surface area contributed by atoms with E-state index in [0.29, 0.717) is 44.2 Å². The van der Waals surface area contributed by atoms with Crippen molar-refractivity contribution in [3.05, 3.63) is 35.7 Å². The van der Waals surface area contributed by atoms with Crippen molar-refractivity contribution in [3.63, 3.8) is 0 Å². The Labute approximate surface area is 206 Å². The molecule has 2 saturated heterocycles. The van der Waals surface area contributed by atoms with Crippen LogP contribution in [0.4, 0.5) is 18.9 Å². The van der Waals surface area contributed by atoms with Gasteiger partial charge in [0, 0.05) is 67.5 Å². The normalized spacial score (nSPS) is 22.7. The highest BCUT2D eigenvalue weighted by molar-refractivity contribution is 5.79. The first-order valence-corrected chi connectivity index (χ1v) is 12.1. The largest absolute Gasteiger partial charge is 0.481 e. The first kappa shape index (κ1) is 24.7. The first-order chi connectivity index (χ1) is 17.3. The molecule has 12 heteroatoms. The molecule has 194 valence electrons. The number of pyridine rings is 2. The van der Waals surface area contributed by atoms with Crippen molar-refractivity contribution in [1.29, 1.82) is 0 Å². The number of methoxy groups -OCH3 is 1. The predicted molar refractivity (Wildman–Crippen MR) is 125 cm³/mol. The SMILES string of the molecule is COc1ncc(-c2nccc3c2C(NC2CCN(C(=O)C4CCOCC4)C2)NCN3)cc1C(F)(F)F. The second kappa shape index (κ2) is 10.2. The van der Waals surface area contributed by atoms with Crippen molar-refractivity contribution < 1.29 is 27.4 Å². The highest BCUT2D eigenvalue weighted by atomic mass is 19.4. The lowest BCUT2D eigenvalue weighted by Crippen LogP contribution is -2.47. The number of likely N-dealkylation sites (tertiary alicyclic amines) is 1. The van der Waals surface area contributed by atoms with Gasteiger partial charge in [-0.15, -0.1) is 0 Å². The number of ether oxygens (including phenoxy) is 2. The summed E-state index contributed by atoms with van der Waals surface area (Å²) in [7, 11) is 1.16. The Morgan fingerprint density at radius 3 is 2.81 bits per heavy atom. The van der Waals surface area contributed by atoms with Crippen LogP contribution in [0.2, 0.25) is 0 Å². The zero-order valence-electron chi connectivity index (χ0n) is 19.9. The van der Waals surface area contributed by atoms with Crippen LogP contribution < -0.4 is 20.7 Å². The maximum absolute atomic E-state index is 13.6. The van der Waals surface area contributed by atoms with Crippen LogP contribution in [0.3, 0.4) is 0 Å². The number of hydrogen-bond donors (Lipinski definition) is 3. The van der Waals surface area contributed by atoms with Gasteiger partial charge in [-0.2, -0.15) is 13.2 Å². The Bertz CT molecular complexity index is 1110. The fourth-order valence-electron chi connectivity index (χ4n) is 5.12. The van der Waals surface area contributed by atoms with Gasteiger partial charge in [0.25, 0.3) is 0 Å². The van der Waals surface area contributed by atoms with Crippen molar-refractivity contribution in [2.24, 2.45) is 5.92 Å². The average Bonchev–Trinajstić information content (AvgIpc) is 3.36. The fourth-order valence-corrected chi connectivity index (χ4v) is 5.12. The molecule has 5 heterocycles. The van der Waals surface area contributed by atoms with Crippen LogP contribution in [-0.4, -0.2) is 66.9 Å². The van der Waals surface area contributed by atoms with Gasteiger partial charge in [0.05, 0.1) is 25.6 Å². The van der Waals surface area contributed by atoms with Crippen molar-refractivity contribution in [3.8, 4) is 17.1 Å². The van der Waals surface area contributed by atoms with Gasteiger partial charge in [-0.3, -0.25) is 20.4 Å². The van der Waals surface area contributed by atoms with E-state index < -0.39 is 17.6 Å². The molecule has 2 fully saturated rings. The second-order valence-electron chi connectivity index (χ2n) is 9.21.